The lowest BCUT2D eigenvalue weighted by atomic mass is 10.2. The van der Waals surface area contributed by atoms with Crippen LogP contribution in [-0.2, 0) is 6.61 Å². The van der Waals surface area contributed by atoms with Gasteiger partial charge < -0.3 is 14.4 Å². The molecular formula is C13H10F2N2O4. The predicted octanol–water partition coefficient (Wildman–Crippen LogP) is 2.50. The second-order valence-corrected chi connectivity index (χ2v) is 4.68. The van der Waals surface area contributed by atoms with Gasteiger partial charge in [0.15, 0.2) is 29.8 Å². The van der Waals surface area contributed by atoms with Crippen molar-refractivity contribution in [2.75, 3.05) is 0 Å². The molecule has 1 aromatic carbocycles. The summed E-state index contributed by atoms with van der Waals surface area (Å²) in [4.78, 5) is 14.7. The molecule has 3 rings (SSSR count). The van der Waals surface area contributed by atoms with Crippen LogP contribution in [0.25, 0.3) is 0 Å². The van der Waals surface area contributed by atoms with E-state index >= 15 is 0 Å². The van der Waals surface area contributed by atoms with E-state index in [-0.39, 0.29) is 12.5 Å². The maximum atomic E-state index is 13.6. The summed E-state index contributed by atoms with van der Waals surface area (Å²) >= 11 is 0. The Morgan fingerprint density at radius 2 is 2.05 bits per heavy atom. The van der Waals surface area contributed by atoms with Crippen molar-refractivity contribution < 1.29 is 27.9 Å². The maximum absolute atomic E-state index is 13.6. The lowest BCUT2D eigenvalue weighted by molar-refractivity contribution is 0.0695. The second kappa shape index (κ2) is 5.12. The van der Waals surface area contributed by atoms with Crippen molar-refractivity contribution in [3.8, 4) is 5.75 Å². The Hall–Kier alpha value is -2.51. The van der Waals surface area contributed by atoms with Crippen LogP contribution in [0.1, 0.15) is 40.8 Å². The molecule has 1 saturated carbocycles. The van der Waals surface area contributed by atoms with Crippen molar-refractivity contribution in [2.45, 2.75) is 25.4 Å². The number of nitrogens with zero attached hydrogens (tertiary/aromatic N) is 2. The molecule has 0 spiro atoms. The summed E-state index contributed by atoms with van der Waals surface area (Å²) in [7, 11) is 0. The SMILES string of the molecule is O=C(O)c1cc(F)c(OCc2nc(C3CC3)no2)c(F)c1. The van der Waals surface area contributed by atoms with Gasteiger partial charge in [-0.1, -0.05) is 5.16 Å². The lowest BCUT2D eigenvalue weighted by Gasteiger charge is -2.06. The third-order valence-electron chi connectivity index (χ3n) is 3.01. The highest BCUT2D eigenvalue weighted by atomic mass is 19.1. The fourth-order valence-corrected chi connectivity index (χ4v) is 1.79. The molecule has 0 atom stereocenters. The summed E-state index contributed by atoms with van der Waals surface area (Å²) < 4.78 is 37.1. The number of hydrogen-bond donors (Lipinski definition) is 1. The quantitative estimate of drug-likeness (QED) is 0.912. The number of rotatable bonds is 5. The van der Waals surface area contributed by atoms with Gasteiger partial charge in [0, 0.05) is 5.92 Å². The molecule has 0 saturated heterocycles. The molecule has 0 unspecified atom stereocenters. The Morgan fingerprint density at radius 3 is 2.62 bits per heavy atom. The molecule has 1 aromatic heterocycles. The molecule has 8 heteroatoms. The summed E-state index contributed by atoms with van der Waals surface area (Å²) in [5.41, 5.74) is -0.494. The van der Waals surface area contributed by atoms with Gasteiger partial charge in [-0.3, -0.25) is 0 Å². The molecule has 0 bridgehead atoms. The highest BCUT2D eigenvalue weighted by Crippen LogP contribution is 2.38. The van der Waals surface area contributed by atoms with Crippen molar-refractivity contribution in [3.05, 3.63) is 41.0 Å². The number of benzene rings is 1. The molecule has 2 aromatic rings. The minimum atomic E-state index is -1.43. The fourth-order valence-electron chi connectivity index (χ4n) is 1.79. The number of carboxylic acid groups (broad SMARTS) is 1. The topological polar surface area (TPSA) is 85.5 Å². The standard InChI is InChI=1S/C13H10F2N2O4/c14-8-3-7(13(18)19)4-9(15)11(8)20-5-10-16-12(17-21-10)6-1-2-6/h3-4,6H,1-2,5H2,(H,18,19). The van der Waals surface area contributed by atoms with Crippen LogP contribution in [0.5, 0.6) is 5.75 Å². The van der Waals surface area contributed by atoms with E-state index in [0.29, 0.717) is 23.9 Å². The highest BCUT2D eigenvalue weighted by molar-refractivity contribution is 5.87. The van der Waals surface area contributed by atoms with Crippen LogP contribution in [0.15, 0.2) is 16.7 Å². The Bertz CT molecular complexity index is 674. The highest BCUT2D eigenvalue weighted by Gasteiger charge is 2.29. The molecule has 21 heavy (non-hydrogen) atoms. The Balaban J connectivity index is 1.73. The molecule has 1 fully saturated rings. The first-order chi connectivity index (χ1) is 10.0. The molecule has 1 aliphatic rings. The number of carbonyl (C=O) groups is 1. The van der Waals surface area contributed by atoms with Crippen LogP contribution >= 0.6 is 0 Å². The summed E-state index contributed by atoms with van der Waals surface area (Å²) in [6.45, 7) is -0.292. The van der Waals surface area contributed by atoms with Crippen molar-refractivity contribution in [1.29, 1.82) is 0 Å². The van der Waals surface area contributed by atoms with Gasteiger partial charge in [-0.25, -0.2) is 13.6 Å². The van der Waals surface area contributed by atoms with E-state index in [1.54, 1.807) is 0 Å². The zero-order chi connectivity index (χ0) is 15.0. The van der Waals surface area contributed by atoms with Gasteiger partial charge >= 0.3 is 5.97 Å². The molecule has 1 N–H and O–H groups in total. The van der Waals surface area contributed by atoms with Crippen LogP contribution in [0, 0.1) is 11.6 Å². The normalized spacial score (nSPS) is 14.2. The molecular weight excluding hydrogens is 286 g/mol. The molecule has 0 aliphatic heterocycles. The largest absolute Gasteiger partial charge is 0.478 e. The van der Waals surface area contributed by atoms with Gasteiger partial charge in [0.25, 0.3) is 5.89 Å². The van der Waals surface area contributed by atoms with E-state index in [0.717, 1.165) is 12.8 Å². The molecule has 110 valence electrons. The van der Waals surface area contributed by atoms with Crippen LogP contribution in [0.3, 0.4) is 0 Å². The van der Waals surface area contributed by atoms with Gasteiger partial charge in [-0.05, 0) is 25.0 Å². The third kappa shape index (κ3) is 2.83. The Kier molecular flexibility index (Phi) is 3.28. The Morgan fingerprint density at radius 1 is 1.38 bits per heavy atom. The van der Waals surface area contributed by atoms with Crippen LogP contribution in [0.2, 0.25) is 0 Å². The number of hydrogen-bond acceptors (Lipinski definition) is 5. The maximum Gasteiger partial charge on any atom is 0.335 e. The van der Waals surface area contributed by atoms with Gasteiger partial charge in [0.05, 0.1) is 5.56 Å². The van der Waals surface area contributed by atoms with Crippen LogP contribution in [0.4, 0.5) is 8.78 Å². The van der Waals surface area contributed by atoms with Gasteiger partial charge in [-0.2, -0.15) is 4.98 Å². The molecule has 6 nitrogen and oxygen atoms in total. The number of aromatic carboxylic acids is 1. The third-order valence-corrected chi connectivity index (χ3v) is 3.01. The van der Waals surface area contributed by atoms with Crippen LogP contribution in [-0.4, -0.2) is 21.2 Å². The summed E-state index contributed by atoms with van der Waals surface area (Å²) in [5.74, 6) is -3.33. The average molecular weight is 296 g/mol. The van der Waals surface area contributed by atoms with E-state index in [1.165, 1.54) is 0 Å². The van der Waals surface area contributed by atoms with Gasteiger partial charge in [0.1, 0.15) is 0 Å². The minimum absolute atomic E-state index is 0.109. The summed E-state index contributed by atoms with van der Waals surface area (Å²) in [6, 6.07) is 1.37. The minimum Gasteiger partial charge on any atom is -0.478 e. The van der Waals surface area contributed by atoms with E-state index in [4.69, 9.17) is 14.4 Å². The first-order valence-electron chi connectivity index (χ1n) is 6.22. The van der Waals surface area contributed by atoms with Crippen molar-refractivity contribution in [2.24, 2.45) is 0 Å². The van der Waals surface area contributed by atoms with Crippen LogP contribution < -0.4 is 4.74 Å². The molecule has 1 aliphatic carbocycles. The number of halogens is 2. The second-order valence-electron chi connectivity index (χ2n) is 4.68. The lowest BCUT2D eigenvalue weighted by Crippen LogP contribution is -2.04. The molecule has 1 heterocycles. The van der Waals surface area contributed by atoms with E-state index in [9.17, 15) is 13.6 Å². The average Bonchev–Trinajstić information content (AvgIpc) is 3.17. The van der Waals surface area contributed by atoms with Gasteiger partial charge in [0.2, 0.25) is 0 Å². The number of carboxylic acids is 1. The van der Waals surface area contributed by atoms with E-state index in [1.807, 2.05) is 0 Å². The van der Waals surface area contributed by atoms with E-state index in [2.05, 4.69) is 10.1 Å². The number of ether oxygens (including phenoxy) is 1. The first kappa shape index (κ1) is 13.5. The zero-order valence-corrected chi connectivity index (χ0v) is 10.7. The van der Waals surface area contributed by atoms with Crippen molar-refractivity contribution in [1.82, 2.24) is 10.1 Å². The smallest absolute Gasteiger partial charge is 0.335 e. The van der Waals surface area contributed by atoms with Gasteiger partial charge in [-0.15, -0.1) is 0 Å². The predicted molar refractivity (Wildman–Crippen MR) is 63.9 cm³/mol. The fraction of sp³-hybridized carbons (Fsp3) is 0.308. The zero-order valence-electron chi connectivity index (χ0n) is 10.7. The molecule has 0 amide bonds. The monoisotopic (exact) mass is 296 g/mol. The number of aromatic nitrogens is 2. The van der Waals surface area contributed by atoms with Crippen molar-refractivity contribution in [3.63, 3.8) is 0 Å². The Labute approximate surface area is 117 Å². The van der Waals surface area contributed by atoms with E-state index < -0.39 is 28.9 Å². The summed E-state index contributed by atoms with van der Waals surface area (Å²) in [6.07, 6.45) is 2.00. The summed E-state index contributed by atoms with van der Waals surface area (Å²) in [5, 5.41) is 12.4. The molecule has 0 radical (unpaired) electrons. The van der Waals surface area contributed by atoms with Crippen molar-refractivity contribution >= 4 is 5.97 Å². The first-order valence-corrected chi connectivity index (χ1v) is 6.22.